The number of aromatic nitrogens is 1. The standard InChI is InChI=1S/C24H29Cl2N3O4/c1-13-9-18(25)17(23(31)28-13)11-27-22(30)16-10-19(26)21-20(14(16)2)32-24(33-21)7-5-15(6-8-24)12-29(3)4/h9-10,15H,5-8,11-12H2,1-4H3,(H,27,30)(H,28,31). The number of benzene rings is 1. The Kier molecular flexibility index (Phi) is 6.67. The molecule has 2 aromatic rings. The molecule has 0 saturated heterocycles. The van der Waals surface area contributed by atoms with E-state index in [1.165, 1.54) is 0 Å². The van der Waals surface area contributed by atoms with Gasteiger partial charge in [0.05, 0.1) is 22.2 Å². The lowest BCUT2D eigenvalue weighted by Crippen LogP contribution is -2.43. The predicted octanol–water partition coefficient (Wildman–Crippen LogP) is 4.45. The zero-order valence-corrected chi connectivity index (χ0v) is 20.8. The van der Waals surface area contributed by atoms with Crippen molar-refractivity contribution in [2.75, 3.05) is 20.6 Å². The topological polar surface area (TPSA) is 83.7 Å². The van der Waals surface area contributed by atoms with Crippen LogP contribution in [0.25, 0.3) is 0 Å². The van der Waals surface area contributed by atoms with E-state index in [0.29, 0.717) is 49.8 Å². The molecule has 178 valence electrons. The van der Waals surface area contributed by atoms with Crippen molar-refractivity contribution in [2.24, 2.45) is 5.92 Å². The van der Waals surface area contributed by atoms with Crippen molar-refractivity contribution in [3.63, 3.8) is 0 Å². The van der Waals surface area contributed by atoms with Gasteiger partial charge >= 0.3 is 0 Å². The average molecular weight is 494 g/mol. The molecule has 33 heavy (non-hydrogen) atoms. The number of aryl methyl sites for hydroxylation is 1. The van der Waals surface area contributed by atoms with E-state index in [1.807, 2.05) is 6.92 Å². The molecule has 1 saturated carbocycles. The number of carbonyl (C=O) groups excluding carboxylic acids is 1. The van der Waals surface area contributed by atoms with Crippen molar-refractivity contribution < 1.29 is 14.3 Å². The summed E-state index contributed by atoms with van der Waals surface area (Å²) in [5.74, 6) is 0.528. The summed E-state index contributed by atoms with van der Waals surface area (Å²) in [4.78, 5) is 30.1. The van der Waals surface area contributed by atoms with Gasteiger partial charge in [0, 0.05) is 36.2 Å². The number of ether oxygens (including phenoxy) is 2. The maximum absolute atomic E-state index is 13.0. The van der Waals surface area contributed by atoms with Crippen molar-refractivity contribution in [3.05, 3.63) is 54.9 Å². The highest BCUT2D eigenvalue weighted by atomic mass is 35.5. The molecule has 1 spiro atoms. The molecule has 1 amide bonds. The largest absolute Gasteiger partial charge is 0.448 e. The summed E-state index contributed by atoms with van der Waals surface area (Å²) in [6, 6.07) is 3.24. The van der Waals surface area contributed by atoms with Crippen molar-refractivity contribution >= 4 is 29.1 Å². The Labute approximate surface area is 203 Å². The molecule has 4 rings (SSSR count). The maximum Gasteiger partial charge on any atom is 0.254 e. The van der Waals surface area contributed by atoms with Gasteiger partial charge in [-0.25, -0.2) is 0 Å². The lowest BCUT2D eigenvalue weighted by molar-refractivity contribution is -0.114. The van der Waals surface area contributed by atoms with Crippen LogP contribution in [0.1, 0.15) is 52.9 Å². The minimum atomic E-state index is -0.725. The smallest absolute Gasteiger partial charge is 0.254 e. The number of carbonyl (C=O) groups is 1. The van der Waals surface area contributed by atoms with Crippen LogP contribution in [0.2, 0.25) is 10.0 Å². The molecule has 1 aliphatic carbocycles. The SMILES string of the molecule is Cc1cc(Cl)c(CNC(=O)c2cc(Cl)c3c(c2C)OC2(CCC(CN(C)C)CC2)O3)c(=O)[nH]1. The van der Waals surface area contributed by atoms with E-state index in [-0.39, 0.29) is 18.0 Å². The van der Waals surface area contributed by atoms with E-state index in [1.54, 1.807) is 19.1 Å². The third-order valence-electron chi connectivity index (χ3n) is 6.39. The van der Waals surface area contributed by atoms with E-state index in [4.69, 9.17) is 32.7 Å². The molecule has 1 aromatic carbocycles. The Morgan fingerprint density at radius 3 is 2.45 bits per heavy atom. The molecule has 2 N–H and O–H groups in total. The quantitative estimate of drug-likeness (QED) is 0.642. The second-order valence-electron chi connectivity index (χ2n) is 9.30. The number of hydrogen-bond acceptors (Lipinski definition) is 5. The first-order valence-electron chi connectivity index (χ1n) is 11.1. The molecular formula is C24H29Cl2N3O4. The van der Waals surface area contributed by atoms with Crippen LogP contribution >= 0.6 is 23.2 Å². The van der Waals surface area contributed by atoms with Gasteiger partial charge in [-0.2, -0.15) is 0 Å². The van der Waals surface area contributed by atoms with Crippen molar-refractivity contribution in [2.45, 2.75) is 51.9 Å². The number of halogens is 2. The Morgan fingerprint density at radius 2 is 1.82 bits per heavy atom. The number of aromatic amines is 1. The van der Waals surface area contributed by atoms with Gasteiger partial charge in [0.2, 0.25) is 0 Å². The number of hydrogen-bond donors (Lipinski definition) is 2. The van der Waals surface area contributed by atoms with Crippen LogP contribution in [-0.4, -0.2) is 42.2 Å². The van der Waals surface area contributed by atoms with E-state index >= 15 is 0 Å². The Balaban J connectivity index is 1.50. The van der Waals surface area contributed by atoms with Crippen molar-refractivity contribution in [3.8, 4) is 11.5 Å². The molecule has 0 bridgehead atoms. The lowest BCUT2D eigenvalue weighted by atomic mass is 9.85. The van der Waals surface area contributed by atoms with Gasteiger partial charge in [-0.3, -0.25) is 9.59 Å². The molecular weight excluding hydrogens is 465 g/mol. The van der Waals surface area contributed by atoms with Crippen LogP contribution in [0.15, 0.2) is 16.9 Å². The first kappa shape index (κ1) is 23.9. The van der Waals surface area contributed by atoms with Crippen LogP contribution in [0.3, 0.4) is 0 Å². The minimum Gasteiger partial charge on any atom is -0.448 e. The number of pyridine rings is 1. The highest BCUT2D eigenvalue weighted by Gasteiger charge is 2.46. The van der Waals surface area contributed by atoms with Gasteiger partial charge < -0.3 is 24.7 Å². The molecule has 7 nitrogen and oxygen atoms in total. The minimum absolute atomic E-state index is 0.00399. The number of nitrogens with one attached hydrogen (secondary N) is 2. The molecule has 0 unspecified atom stereocenters. The first-order chi connectivity index (χ1) is 15.6. The van der Waals surface area contributed by atoms with E-state index < -0.39 is 5.79 Å². The first-order valence-corrected chi connectivity index (χ1v) is 11.9. The van der Waals surface area contributed by atoms with Crippen LogP contribution in [0, 0.1) is 19.8 Å². The van der Waals surface area contributed by atoms with Gasteiger partial charge in [-0.05, 0) is 58.8 Å². The summed E-state index contributed by atoms with van der Waals surface area (Å²) in [7, 11) is 4.17. The Morgan fingerprint density at radius 1 is 1.15 bits per heavy atom. The fraction of sp³-hybridized carbons (Fsp3) is 0.500. The van der Waals surface area contributed by atoms with Gasteiger partial charge in [-0.15, -0.1) is 0 Å². The zero-order chi connectivity index (χ0) is 23.9. The fourth-order valence-corrected chi connectivity index (χ4v) is 5.22. The van der Waals surface area contributed by atoms with Crippen molar-refractivity contribution in [1.29, 1.82) is 0 Å². The molecule has 1 aromatic heterocycles. The molecule has 1 fully saturated rings. The maximum atomic E-state index is 13.0. The zero-order valence-electron chi connectivity index (χ0n) is 19.3. The number of amides is 1. The van der Waals surface area contributed by atoms with Gasteiger partial charge in [0.1, 0.15) is 0 Å². The number of fused-ring (bicyclic) bond motifs is 1. The third-order valence-corrected chi connectivity index (χ3v) is 7.01. The van der Waals surface area contributed by atoms with Gasteiger partial charge in [-0.1, -0.05) is 23.2 Å². The molecule has 0 radical (unpaired) electrons. The predicted molar refractivity (Wildman–Crippen MR) is 129 cm³/mol. The Bertz CT molecular complexity index is 1140. The molecule has 1 aliphatic heterocycles. The van der Waals surface area contributed by atoms with E-state index in [2.05, 4.69) is 29.3 Å². The summed E-state index contributed by atoms with van der Waals surface area (Å²) < 4.78 is 12.6. The van der Waals surface area contributed by atoms with Gasteiger partial charge in [0.25, 0.3) is 17.3 Å². The van der Waals surface area contributed by atoms with Crippen LogP contribution in [0.5, 0.6) is 11.5 Å². The highest BCUT2D eigenvalue weighted by molar-refractivity contribution is 6.33. The lowest BCUT2D eigenvalue weighted by Gasteiger charge is -2.36. The summed E-state index contributed by atoms with van der Waals surface area (Å²) >= 11 is 12.7. The average Bonchev–Trinajstić information content (AvgIpc) is 3.11. The number of rotatable bonds is 5. The normalized spacial score (nSPS) is 21.6. The van der Waals surface area contributed by atoms with Crippen LogP contribution in [0.4, 0.5) is 0 Å². The second-order valence-corrected chi connectivity index (χ2v) is 10.1. The molecule has 0 atom stereocenters. The molecule has 2 heterocycles. The number of H-pyrrole nitrogens is 1. The number of nitrogens with zero attached hydrogens (tertiary/aromatic N) is 1. The second kappa shape index (κ2) is 9.20. The monoisotopic (exact) mass is 493 g/mol. The van der Waals surface area contributed by atoms with E-state index in [0.717, 1.165) is 32.2 Å². The summed E-state index contributed by atoms with van der Waals surface area (Å²) in [5.41, 5.74) is 1.66. The van der Waals surface area contributed by atoms with E-state index in [9.17, 15) is 9.59 Å². The molecule has 2 aliphatic rings. The summed E-state index contributed by atoms with van der Waals surface area (Å²) in [6.45, 7) is 4.60. The summed E-state index contributed by atoms with van der Waals surface area (Å²) in [5, 5.41) is 3.41. The van der Waals surface area contributed by atoms with Crippen LogP contribution < -0.4 is 20.3 Å². The Hall–Kier alpha value is -2.22. The fourth-order valence-electron chi connectivity index (χ4n) is 4.67. The van der Waals surface area contributed by atoms with Gasteiger partial charge in [0.15, 0.2) is 11.5 Å². The highest BCUT2D eigenvalue weighted by Crippen LogP contribution is 2.52. The third kappa shape index (κ3) is 4.86. The molecule has 9 heteroatoms. The van der Waals surface area contributed by atoms with Crippen LogP contribution in [-0.2, 0) is 6.54 Å². The van der Waals surface area contributed by atoms with Crippen molar-refractivity contribution in [1.82, 2.24) is 15.2 Å². The summed E-state index contributed by atoms with van der Waals surface area (Å²) in [6.07, 6.45) is 3.54.